The normalized spacial score (nSPS) is 21.2. The maximum Gasteiger partial charge on any atom is 0.323 e. The lowest BCUT2D eigenvalue weighted by atomic mass is 9.97. The number of carboxylic acids is 1. The molecule has 1 aliphatic carbocycles. The SMILES string of the molecule is CC(=O)c1ccc2c(C3CCN(S(=O)(=O)C4C=CC(OC(C)C)=CC4)C3)cn(CC(=O)O)c2c1. The molecule has 2 aromatic rings. The number of sulfonamides is 1. The maximum absolute atomic E-state index is 13.3. The number of hydrogen-bond donors (Lipinski definition) is 1. The van der Waals surface area contributed by atoms with E-state index in [-0.39, 0.29) is 24.3 Å². The van der Waals surface area contributed by atoms with Crippen LogP contribution in [-0.4, -0.2) is 58.6 Å². The van der Waals surface area contributed by atoms with E-state index in [0.29, 0.717) is 42.8 Å². The largest absolute Gasteiger partial charge is 0.491 e. The Hall–Kier alpha value is -2.91. The van der Waals surface area contributed by atoms with Crippen molar-refractivity contribution in [2.24, 2.45) is 0 Å². The first-order valence-corrected chi connectivity index (χ1v) is 13.0. The van der Waals surface area contributed by atoms with E-state index >= 15 is 0 Å². The Morgan fingerprint density at radius 2 is 2.03 bits per heavy atom. The molecule has 2 unspecified atom stereocenters. The first-order valence-electron chi connectivity index (χ1n) is 11.5. The highest BCUT2D eigenvalue weighted by Crippen LogP contribution is 2.36. The number of benzene rings is 1. The molecule has 0 bridgehead atoms. The number of fused-ring (bicyclic) bond motifs is 1. The molecule has 0 spiro atoms. The fraction of sp³-hybridized carbons (Fsp3) is 0.440. The standard InChI is InChI=1S/C25H30N2O6S/c1-16(2)33-20-5-7-21(8-6-20)34(31,32)27-11-10-19(13-27)23-14-26(15-25(29)30)24-12-18(17(3)28)4-9-22(23)24/h4-7,9,12,14,16,19,21H,8,10-11,13,15H2,1-3H3,(H,29,30). The second kappa shape index (κ2) is 9.38. The highest BCUT2D eigenvalue weighted by atomic mass is 32.2. The number of carbonyl (C=O) groups excluding carboxylic acids is 1. The third-order valence-corrected chi connectivity index (χ3v) is 8.52. The van der Waals surface area contributed by atoms with Gasteiger partial charge in [0.25, 0.3) is 0 Å². The summed E-state index contributed by atoms with van der Waals surface area (Å²) >= 11 is 0. The zero-order chi connectivity index (χ0) is 24.6. The average Bonchev–Trinajstić information content (AvgIpc) is 3.39. The first-order chi connectivity index (χ1) is 16.1. The van der Waals surface area contributed by atoms with Gasteiger partial charge in [-0.15, -0.1) is 0 Å². The van der Waals surface area contributed by atoms with Gasteiger partial charge in [-0.1, -0.05) is 18.2 Å². The number of carboxylic acid groups (broad SMARTS) is 1. The number of hydrogen-bond acceptors (Lipinski definition) is 5. The number of rotatable bonds is 8. The van der Waals surface area contributed by atoms with Gasteiger partial charge in [-0.3, -0.25) is 9.59 Å². The van der Waals surface area contributed by atoms with Gasteiger partial charge in [-0.25, -0.2) is 12.7 Å². The lowest BCUT2D eigenvalue weighted by molar-refractivity contribution is -0.137. The van der Waals surface area contributed by atoms with Crippen LogP contribution in [0.3, 0.4) is 0 Å². The van der Waals surface area contributed by atoms with Gasteiger partial charge in [-0.2, -0.15) is 0 Å². The third kappa shape index (κ3) is 4.81. The zero-order valence-corrected chi connectivity index (χ0v) is 20.4. The molecular formula is C25H30N2O6S. The Kier molecular flexibility index (Phi) is 6.69. The molecule has 1 aromatic carbocycles. The number of aromatic nitrogens is 1. The molecule has 2 atom stereocenters. The smallest absolute Gasteiger partial charge is 0.323 e. The van der Waals surface area contributed by atoms with Crippen molar-refractivity contribution in [1.82, 2.24) is 8.87 Å². The first kappa shape index (κ1) is 24.2. The van der Waals surface area contributed by atoms with Crippen LogP contribution in [0.4, 0.5) is 0 Å². The molecule has 182 valence electrons. The van der Waals surface area contributed by atoms with E-state index < -0.39 is 21.2 Å². The van der Waals surface area contributed by atoms with Crippen molar-refractivity contribution in [3.63, 3.8) is 0 Å². The van der Waals surface area contributed by atoms with Crippen molar-refractivity contribution >= 4 is 32.7 Å². The minimum Gasteiger partial charge on any atom is -0.491 e. The molecule has 2 aliphatic rings. The molecule has 8 nitrogen and oxygen atoms in total. The Morgan fingerprint density at radius 3 is 2.65 bits per heavy atom. The van der Waals surface area contributed by atoms with Crippen LogP contribution in [0.2, 0.25) is 0 Å². The fourth-order valence-electron chi connectivity index (χ4n) is 4.71. The summed E-state index contributed by atoms with van der Waals surface area (Å²) in [6.07, 6.45) is 8.08. The summed E-state index contributed by atoms with van der Waals surface area (Å²) in [5.41, 5.74) is 2.09. The highest BCUT2D eigenvalue weighted by molar-refractivity contribution is 7.89. The second-order valence-electron chi connectivity index (χ2n) is 9.19. The average molecular weight is 487 g/mol. The monoisotopic (exact) mass is 486 g/mol. The van der Waals surface area contributed by atoms with Gasteiger partial charge >= 0.3 is 5.97 Å². The molecule has 0 saturated carbocycles. The number of aliphatic carboxylic acids is 1. The summed E-state index contributed by atoms with van der Waals surface area (Å²) in [4.78, 5) is 23.3. The molecule has 1 fully saturated rings. The number of Topliss-reactive ketones (excluding diaryl/α,β-unsaturated/α-hetero) is 1. The maximum atomic E-state index is 13.3. The van der Waals surface area contributed by atoms with Crippen LogP contribution in [0.5, 0.6) is 0 Å². The van der Waals surface area contributed by atoms with Crippen molar-refractivity contribution in [1.29, 1.82) is 0 Å². The Balaban J connectivity index is 1.57. The van der Waals surface area contributed by atoms with E-state index in [1.807, 2.05) is 26.0 Å². The van der Waals surface area contributed by atoms with Crippen LogP contribution in [-0.2, 0) is 26.1 Å². The lowest BCUT2D eigenvalue weighted by Gasteiger charge is -2.24. The van der Waals surface area contributed by atoms with Gasteiger partial charge in [0.1, 0.15) is 12.3 Å². The fourth-order valence-corrected chi connectivity index (χ4v) is 6.45. The van der Waals surface area contributed by atoms with Gasteiger partial charge in [0.2, 0.25) is 10.0 Å². The zero-order valence-electron chi connectivity index (χ0n) is 19.6. The van der Waals surface area contributed by atoms with E-state index in [9.17, 15) is 23.1 Å². The van der Waals surface area contributed by atoms with E-state index in [2.05, 4.69) is 0 Å². The molecule has 9 heteroatoms. The predicted molar refractivity (Wildman–Crippen MR) is 129 cm³/mol. The molecule has 1 aromatic heterocycles. The van der Waals surface area contributed by atoms with Gasteiger partial charge in [0.15, 0.2) is 5.78 Å². The number of ketones is 1. The summed E-state index contributed by atoms with van der Waals surface area (Å²) in [5, 5.41) is 9.57. The van der Waals surface area contributed by atoms with Crippen LogP contribution < -0.4 is 0 Å². The summed E-state index contributed by atoms with van der Waals surface area (Å²) in [6, 6.07) is 5.28. The molecular weight excluding hydrogens is 456 g/mol. The number of allylic oxidation sites excluding steroid dienone is 2. The summed E-state index contributed by atoms with van der Waals surface area (Å²) in [5.74, 6) is -0.443. The van der Waals surface area contributed by atoms with E-state index in [4.69, 9.17) is 4.74 Å². The van der Waals surface area contributed by atoms with Crippen molar-refractivity contribution in [3.8, 4) is 0 Å². The summed E-state index contributed by atoms with van der Waals surface area (Å²) < 4.78 is 35.4. The van der Waals surface area contributed by atoms with Gasteiger partial charge in [0, 0.05) is 41.7 Å². The van der Waals surface area contributed by atoms with Crippen molar-refractivity contribution in [2.75, 3.05) is 13.1 Å². The topological polar surface area (TPSA) is 106 Å². The van der Waals surface area contributed by atoms with Crippen LogP contribution >= 0.6 is 0 Å². The number of nitrogens with zero attached hydrogens (tertiary/aromatic N) is 2. The van der Waals surface area contributed by atoms with Crippen molar-refractivity contribution in [2.45, 2.75) is 57.4 Å². The minimum absolute atomic E-state index is 0.0261. The molecule has 2 heterocycles. The molecule has 1 aliphatic heterocycles. The summed E-state index contributed by atoms with van der Waals surface area (Å²) in [7, 11) is -3.54. The summed E-state index contributed by atoms with van der Waals surface area (Å²) in [6.45, 7) is 5.85. The van der Waals surface area contributed by atoms with Gasteiger partial charge in [-0.05, 0) is 57.4 Å². The molecule has 34 heavy (non-hydrogen) atoms. The third-order valence-electron chi connectivity index (χ3n) is 6.36. The quantitative estimate of drug-likeness (QED) is 0.571. The highest BCUT2D eigenvalue weighted by Gasteiger charge is 2.37. The number of carbonyl (C=O) groups is 2. The molecule has 4 rings (SSSR count). The molecule has 1 N–H and O–H groups in total. The van der Waals surface area contributed by atoms with Crippen LogP contribution in [0.15, 0.2) is 48.4 Å². The van der Waals surface area contributed by atoms with Crippen molar-refractivity contribution < 1.29 is 27.9 Å². The number of ether oxygens (including phenoxy) is 1. The van der Waals surface area contributed by atoms with Gasteiger partial charge < -0.3 is 14.4 Å². The Labute approximate surface area is 199 Å². The van der Waals surface area contributed by atoms with Crippen LogP contribution in [0, 0.1) is 0 Å². The predicted octanol–water partition coefficient (Wildman–Crippen LogP) is 3.69. The molecule has 1 saturated heterocycles. The van der Waals surface area contributed by atoms with E-state index in [0.717, 1.165) is 10.9 Å². The Morgan fingerprint density at radius 1 is 1.26 bits per heavy atom. The second-order valence-corrected chi connectivity index (χ2v) is 11.3. The molecule has 0 amide bonds. The molecule has 0 radical (unpaired) electrons. The van der Waals surface area contributed by atoms with E-state index in [1.54, 1.807) is 39.4 Å². The minimum atomic E-state index is -3.54. The van der Waals surface area contributed by atoms with Gasteiger partial charge in [0.05, 0.1) is 11.4 Å². The Bertz CT molecular complexity index is 1290. The van der Waals surface area contributed by atoms with Crippen LogP contribution in [0.1, 0.15) is 55.5 Å². The van der Waals surface area contributed by atoms with Crippen LogP contribution in [0.25, 0.3) is 10.9 Å². The van der Waals surface area contributed by atoms with E-state index in [1.165, 1.54) is 6.92 Å². The lowest BCUT2D eigenvalue weighted by Crippen LogP contribution is -2.36. The van der Waals surface area contributed by atoms with Crippen molar-refractivity contribution in [3.05, 3.63) is 59.5 Å².